The number of nitrogens with zero attached hydrogens (tertiary/aromatic N) is 2. The molecule has 0 unspecified atom stereocenters. The fourth-order valence-electron chi connectivity index (χ4n) is 3.99. The van der Waals surface area contributed by atoms with Crippen molar-refractivity contribution in [1.29, 1.82) is 0 Å². The minimum Gasteiger partial charge on any atom is -0.273 e. The Hall–Kier alpha value is -2.66. The molecule has 2 heterocycles. The molecule has 27 heavy (non-hydrogen) atoms. The van der Waals surface area contributed by atoms with Crippen LogP contribution >= 0.6 is 0 Å². The van der Waals surface area contributed by atoms with Crippen LogP contribution in [0.3, 0.4) is 0 Å². The smallest absolute Gasteiger partial charge is 0.266 e. The number of aryl methyl sites for hydroxylation is 1. The van der Waals surface area contributed by atoms with E-state index in [1.165, 1.54) is 4.90 Å². The van der Waals surface area contributed by atoms with Crippen LogP contribution in [0.1, 0.15) is 25.8 Å². The first-order chi connectivity index (χ1) is 13.0. The SMILES string of the molecule is Cc1ccc(N2C(=O)[C@@H]3[C@H](ON(c4ccccc4)[C@H]3CC(C)C)C2=O)cc1. The van der Waals surface area contributed by atoms with Crippen LogP contribution in [0.4, 0.5) is 11.4 Å². The molecule has 4 rings (SSSR count). The van der Waals surface area contributed by atoms with Crippen molar-refractivity contribution in [1.82, 2.24) is 0 Å². The number of benzene rings is 2. The number of para-hydroxylation sites is 1. The van der Waals surface area contributed by atoms with E-state index >= 15 is 0 Å². The summed E-state index contributed by atoms with van der Waals surface area (Å²) in [6, 6.07) is 17.0. The zero-order valence-corrected chi connectivity index (χ0v) is 15.8. The molecule has 0 bridgehead atoms. The Kier molecular flexibility index (Phi) is 4.48. The van der Waals surface area contributed by atoms with Gasteiger partial charge >= 0.3 is 0 Å². The standard InChI is InChI=1S/C22H24N2O3/c1-14(2)13-18-19-20(27-24(18)17-7-5-4-6-8-17)22(26)23(21(19)25)16-11-9-15(3)10-12-16/h4-12,14,18-20H,13H2,1-3H3/t18-,19-,20-/m0/s1. The van der Waals surface area contributed by atoms with Crippen molar-refractivity contribution in [3.8, 4) is 0 Å². The molecule has 2 aromatic rings. The Labute approximate surface area is 159 Å². The first-order valence-corrected chi connectivity index (χ1v) is 9.43. The monoisotopic (exact) mass is 364 g/mol. The van der Waals surface area contributed by atoms with Crippen LogP contribution in [0.15, 0.2) is 54.6 Å². The lowest BCUT2D eigenvalue weighted by atomic mass is 9.90. The highest BCUT2D eigenvalue weighted by molar-refractivity contribution is 6.23. The number of anilines is 2. The maximum Gasteiger partial charge on any atom is 0.266 e. The van der Waals surface area contributed by atoms with Gasteiger partial charge in [0.2, 0.25) is 5.91 Å². The van der Waals surface area contributed by atoms with E-state index in [2.05, 4.69) is 13.8 Å². The predicted octanol–water partition coefficient (Wildman–Crippen LogP) is 3.72. The Morgan fingerprint density at radius 2 is 1.59 bits per heavy atom. The minimum atomic E-state index is -0.761. The van der Waals surface area contributed by atoms with E-state index < -0.39 is 12.0 Å². The van der Waals surface area contributed by atoms with Crippen molar-refractivity contribution in [3.63, 3.8) is 0 Å². The van der Waals surface area contributed by atoms with Crippen LogP contribution in [0, 0.1) is 18.8 Å². The Morgan fingerprint density at radius 3 is 2.22 bits per heavy atom. The van der Waals surface area contributed by atoms with E-state index in [1.807, 2.05) is 61.5 Å². The third-order valence-electron chi connectivity index (χ3n) is 5.25. The van der Waals surface area contributed by atoms with Crippen molar-refractivity contribution < 1.29 is 14.4 Å². The Morgan fingerprint density at radius 1 is 0.926 bits per heavy atom. The van der Waals surface area contributed by atoms with Crippen LogP contribution in [0.25, 0.3) is 0 Å². The summed E-state index contributed by atoms with van der Waals surface area (Å²) in [5.74, 6) is -0.555. The van der Waals surface area contributed by atoms with Crippen LogP contribution < -0.4 is 9.96 Å². The number of hydrogen-bond acceptors (Lipinski definition) is 4. The molecule has 2 amide bonds. The van der Waals surface area contributed by atoms with Crippen molar-refractivity contribution in [2.75, 3.05) is 9.96 Å². The van der Waals surface area contributed by atoms with Gasteiger partial charge in [-0.05, 0) is 43.5 Å². The van der Waals surface area contributed by atoms with Gasteiger partial charge in [-0.25, -0.2) is 9.96 Å². The number of carbonyl (C=O) groups is 2. The number of rotatable bonds is 4. The molecule has 3 atom stereocenters. The van der Waals surface area contributed by atoms with Crippen LogP contribution in [0.5, 0.6) is 0 Å². The number of amides is 2. The molecule has 0 radical (unpaired) electrons. The molecule has 5 heteroatoms. The second-order valence-electron chi connectivity index (χ2n) is 7.76. The van der Waals surface area contributed by atoms with E-state index in [4.69, 9.17) is 4.84 Å². The van der Waals surface area contributed by atoms with Gasteiger partial charge in [0.05, 0.1) is 23.3 Å². The molecule has 2 saturated heterocycles. The quantitative estimate of drug-likeness (QED) is 0.776. The van der Waals surface area contributed by atoms with Crippen molar-refractivity contribution in [2.24, 2.45) is 11.8 Å². The molecule has 2 aromatic carbocycles. The van der Waals surface area contributed by atoms with Crippen molar-refractivity contribution in [2.45, 2.75) is 39.3 Å². The molecular weight excluding hydrogens is 340 g/mol. The largest absolute Gasteiger partial charge is 0.273 e. The van der Waals surface area contributed by atoms with Gasteiger partial charge in [0.15, 0.2) is 6.10 Å². The fourth-order valence-corrected chi connectivity index (χ4v) is 3.99. The lowest BCUT2D eigenvalue weighted by molar-refractivity contribution is -0.126. The molecular formula is C22H24N2O3. The van der Waals surface area contributed by atoms with E-state index in [0.717, 1.165) is 17.7 Å². The molecule has 5 nitrogen and oxygen atoms in total. The molecule has 0 N–H and O–H groups in total. The minimum absolute atomic E-state index is 0.163. The second kappa shape index (κ2) is 6.82. The van der Waals surface area contributed by atoms with Crippen molar-refractivity contribution >= 4 is 23.2 Å². The van der Waals surface area contributed by atoms with Gasteiger partial charge in [0.25, 0.3) is 5.91 Å². The Bertz CT molecular complexity index is 848. The first-order valence-electron chi connectivity index (χ1n) is 9.43. The average molecular weight is 364 g/mol. The van der Waals surface area contributed by atoms with E-state index in [1.54, 1.807) is 5.06 Å². The molecule has 0 aromatic heterocycles. The summed E-state index contributed by atoms with van der Waals surface area (Å²) in [4.78, 5) is 33.7. The van der Waals surface area contributed by atoms with Crippen LogP contribution in [-0.4, -0.2) is 24.0 Å². The van der Waals surface area contributed by atoms with Gasteiger partial charge in [-0.1, -0.05) is 49.7 Å². The molecule has 2 aliphatic heterocycles. The molecule has 140 valence electrons. The summed E-state index contributed by atoms with van der Waals surface area (Å²) < 4.78 is 0. The Balaban J connectivity index is 1.69. The topological polar surface area (TPSA) is 49.9 Å². The summed E-state index contributed by atoms with van der Waals surface area (Å²) in [6.07, 6.45) is 0.0133. The predicted molar refractivity (Wildman–Crippen MR) is 104 cm³/mol. The van der Waals surface area contributed by atoms with Gasteiger partial charge in [-0.3, -0.25) is 14.4 Å². The number of hydrogen-bond donors (Lipinski definition) is 0. The lowest BCUT2D eigenvalue weighted by Gasteiger charge is -2.29. The summed E-state index contributed by atoms with van der Waals surface area (Å²) in [5.41, 5.74) is 2.57. The highest BCUT2D eigenvalue weighted by Gasteiger charge is 2.59. The lowest BCUT2D eigenvalue weighted by Crippen LogP contribution is -2.41. The van der Waals surface area contributed by atoms with Gasteiger partial charge in [0.1, 0.15) is 0 Å². The zero-order valence-electron chi connectivity index (χ0n) is 15.8. The highest BCUT2D eigenvalue weighted by Crippen LogP contribution is 2.42. The fraction of sp³-hybridized carbons (Fsp3) is 0.364. The molecule has 2 aliphatic rings. The van der Waals surface area contributed by atoms with Crippen molar-refractivity contribution in [3.05, 3.63) is 60.2 Å². The third kappa shape index (κ3) is 3.02. The van der Waals surface area contributed by atoms with Gasteiger partial charge in [-0.15, -0.1) is 0 Å². The summed E-state index contributed by atoms with van der Waals surface area (Å²) in [5, 5.41) is 1.78. The van der Waals surface area contributed by atoms with Gasteiger partial charge < -0.3 is 0 Å². The van der Waals surface area contributed by atoms with Crippen LogP contribution in [0.2, 0.25) is 0 Å². The van der Waals surface area contributed by atoms with E-state index in [0.29, 0.717) is 11.6 Å². The summed E-state index contributed by atoms with van der Waals surface area (Å²) in [6.45, 7) is 6.22. The zero-order chi connectivity index (χ0) is 19.1. The average Bonchev–Trinajstić information content (AvgIpc) is 3.13. The van der Waals surface area contributed by atoms with Gasteiger partial charge in [-0.2, -0.15) is 0 Å². The maximum atomic E-state index is 13.2. The first kappa shape index (κ1) is 17.7. The van der Waals surface area contributed by atoms with Crippen LogP contribution in [-0.2, 0) is 14.4 Å². The highest BCUT2D eigenvalue weighted by atomic mass is 16.7. The number of hydroxylamine groups is 1. The maximum absolute atomic E-state index is 13.2. The van der Waals surface area contributed by atoms with E-state index in [-0.39, 0.29) is 17.9 Å². The normalized spacial score (nSPS) is 24.8. The molecule has 2 fully saturated rings. The third-order valence-corrected chi connectivity index (χ3v) is 5.25. The number of imide groups is 1. The molecule has 0 aliphatic carbocycles. The number of fused-ring (bicyclic) bond motifs is 1. The molecule has 0 spiro atoms. The molecule has 0 saturated carbocycles. The number of carbonyl (C=O) groups excluding carboxylic acids is 2. The summed E-state index contributed by atoms with van der Waals surface area (Å²) in [7, 11) is 0. The summed E-state index contributed by atoms with van der Waals surface area (Å²) >= 11 is 0. The van der Waals surface area contributed by atoms with E-state index in [9.17, 15) is 9.59 Å². The van der Waals surface area contributed by atoms with Gasteiger partial charge in [0, 0.05) is 0 Å². The second-order valence-corrected chi connectivity index (χ2v) is 7.76.